The third-order valence-electron chi connectivity index (χ3n) is 7.57. The molecule has 4 heterocycles. The van der Waals surface area contributed by atoms with E-state index in [0.29, 0.717) is 17.9 Å². The van der Waals surface area contributed by atoms with Crippen molar-refractivity contribution in [1.82, 2.24) is 30.1 Å². The van der Waals surface area contributed by atoms with Gasteiger partial charge < -0.3 is 19.0 Å². The summed E-state index contributed by atoms with van der Waals surface area (Å²) in [5.41, 5.74) is 4.64. The monoisotopic (exact) mass is 525 g/mol. The molecule has 0 spiro atoms. The Hall–Kier alpha value is -4.44. The van der Waals surface area contributed by atoms with Gasteiger partial charge in [-0.25, -0.2) is 4.68 Å². The number of tetrazole rings is 1. The molecule has 0 unspecified atom stereocenters. The zero-order valence-corrected chi connectivity index (χ0v) is 22.3. The Balaban J connectivity index is 1.38. The van der Waals surface area contributed by atoms with Crippen molar-refractivity contribution in [2.75, 3.05) is 38.2 Å². The Morgan fingerprint density at radius 1 is 1.03 bits per heavy atom. The summed E-state index contributed by atoms with van der Waals surface area (Å²) in [6.07, 6.45) is 1.63. The summed E-state index contributed by atoms with van der Waals surface area (Å²) in [5.74, 6) is 2.19. The number of benzene rings is 2. The number of aromatic nitrogens is 5. The molecule has 6 rings (SSSR count). The van der Waals surface area contributed by atoms with E-state index in [2.05, 4.69) is 55.4 Å². The summed E-state index contributed by atoms with van der Waals surface area (Å²) < 4.78 is 12.6. The highest BCUT2D eigenvalue weighted by molar-refractivity contribution is 5.85. The number of ether oxygens (including phenoxy) is 1. The first kappa shape index (κ1) is 24.9. The van der Waals surface area contributed by atoms with Gasteiger partial charge in [-0.1, -0.05) is 12.1 Å². The molecule has 10 heteroatoms. The van der Waals surface area contributed by atoms with E-state index in [-0.39, 0.29) is 5.56 Å². The van der Waals surface area contributed by atoms with Crippen LogP contribution in [0.2, 0.25) is 0 Å². The molecule has 1 aliphatic heterocycles. The molecule has 3 aromatic heterocycles. The lowest BCUT2D eigenvalue weighted by atomic mass is 9.99. The lowest BCUT2D eigenvalue weighted by molar-refractivity contribution is 0.200. The molecule has 1 saturated heterocycles. The standard InChI is InChI=1S/C29H31N7O3/c1-19-6-7-20(2)26-24(19)17-25(29(37)30-26)27(28-31-32-33-36(28)18-23-5-4-16-39-23)35-14-12-34(13-15-35)21-8-10-22(38-3)11-9-21/h4-11,16-17,27H,12-15,18H2,1-3H3,(H,30,37)/t27-/m1/s1. The second kappa shape index (κ2) is 10.4. The van der Waals surface area contributed by atoms with Gasteiger partial charge in [-0.15, -0.1) is 5.10 Å². The molecule has 200 valence electrons. The van der Waals surface area contributed by atoms with E-state index >= 15 is 0 Å². The topological polar surface area (TPSA) is 105 Å². The molecule has 0 bridgehead atoms. The number of fused-ring (bicyclic) bond motifs is 1. The van der Waals surface area contributed by atoms with Gasteiger partial charge in [-0.05, 0) is 77.9 Å². The molecule has 1 aliphatic rings. The molecule has 10 nitrogen and oxygen atoms in total. The maximum absolute atomic E-state index is 13.6. The minimum atomic E-state index is -0.430. The number of anilines is 1. The van der Waals surface area contributed by atoms with Crippen molar-refractivity contribution in [2.24, 2.45) is 0 Å². The van der Waals surface area contributed by atoms with Gasteiger partial charge in [0, 0.05) is 42.8 Å². The van der Waals surface area contributed by atoms with Crippen molar-refractivity contribution in [3.05, 3.63) is 99.5 Å². The van der Waals surface area contributed by atoms with Crippen LogP contribution in [0.25, 0.3) is 10.9 Å². The van der Waals surface area contributed by atoms with Crippen LogP contribution in [0.3, 0.4) is 0 Å². The first-order chi connectivity index (χ1) is 19.0. The van der Waals surface area contributed by atoms with Crippen molar-refractivity contribution in [1.29, 1.82) is 0 Å². The fraction of sp³-hybridized carbons (Fsp3) is 0.310. The molecule has 39 heavy (non-hydrogen) atoms. The highest BCUT2D eigenvalue weighted by atomic mass is 16.5. The van der Waals surface area contributed by atoms with Crippen molar-refractivity contribution < 1.29 is 9.15 Å². The first-order valence-corrected chi connectivity index (χ1v) is 13.1. The number of H-pyrrole nitrogens is 1. The Morgan fingerprint density at radius 3 is 2.51 bits per heavy atom. The van der Waals surface area contributed by atoms with Gasteiger partial charge in [0.1, 0.15) is 24.1 Å². The summed E-state index contributed by atoms with van der Waals surface area (Å²) in [6, 6.07) is 17.6. The van der Waals surface area contributed by atoms with Crippen LogP contribution in [0.4, 0.5) is 5.69 Å². The van der Waals surface area contributed by atoms with E-state index in [9.17, 15) is 4.79 Å². The highest BCUT2D eigenvalue weighted by Gasteiger charge is 2.33. The van der Waals surface area contributed by atoms with Crippen molar-refractivity contribution >= 4 is 16.6 Å². The average Bonchev–Trinajstić information content (AvgIpc) is 3.65. The van der Waals surface area contributed by atoms with Crippen molar-refractivity contribution in [3.8, 4) is 5.75 Å². The first-order valence-electron chi connectivity index (χ1n) is 13.1. The lowest BCUT2D eigenvalue weighted by Crippen LogP contribution is -2.49. The lowest BCUT2D eigenvalue weighted by Gasteiger charge is -2.39. The van der Waals surface area contributed by atoms with Gasteiger partial charge in [-0.3, -0.25) is 9.69 Å². The number of furan rings is 1. The van der Waals surface area contributed by atoms with Crippen LogP contribution in [0, 0.1) is 13.8 Å². The van der Waals surface area contributed by atoms with Gasteiger partial charge >= 0.3 is 0 Å². The zero-order valence-electron chi connectivity index (χ0n) is 22.3. The Kier molecular flexibility index (Phi) is 6.62. The molecule has 1 atom stereocenters. The minimum absolute atomic E-state index is 0.133. The molecular formula is C29H31N7O3. The van der Waals surface area contributed by atoms with E-state index < -0.39 is 6.04 Å². The summed E-state index contributed by atoms with van der Waals surface area (Å²) >= 11 is 0. The van der Waals surface area contributed by atoms with Crippen molar-refractivity contribution in [3.63, 3.8) is 0 Å². The quantitative estimate of drug-likeness (QED) is 0.343. The maximum Gasteiger partial charge on any atom is 0.253 e. The molecule has 5 aromatic rings. The van der Waals surface area contributed by atoms with E-state index in [1.54, 1.807) is 18.1 Å². The SMILES string of the molecule is COc1ccc(N2CCN([C@H](c3cc4c(C)ccc(C)c4[nH]c3=O)c3nnnn3Cc3ccco3)CC2)cc1. The van der Waals surface area contributed by atoms with E-state index in [0.717, 1.165) is 65.4 Å². The summed E-state index contributed by atoms with van der Waals surface area (Å²) in [4.78, 5) is 21.4. The minimum Gasteiger partial charge on any atom is -0.497 e. The Bertz CT molecular complexity index is 1630. The molecule has 1 N–H and O–H groups in total. The van der Waals surface area contributed by atoms with Gasteiger partial charge in [0.2, 0.25) is 0 Å². The molecule has 0 radical (unpaired) electrons. The van der Waals surface area contributed by atoms with E-state index in [4.69, 9.17) is 9.15 Å². The van der Waals surface area contributed by atoms with Crippen LogP contribution < -0.4 is 15.2 Å². The van der Waals surface area contributed by atoms with E-state index in [1.807, 2.05) is 43.3 Å². The molecule has 2 aromatic carbocycles. The Morgan fingerprint density at radius 2 is 1.79 bits per heavy atom. The number of piperazine rings is 1. The maximum atomic E-state index is 13.6. The van der Waals surface area contributed by atoms with E-state index in [1.165, 1.54) is 0 Å². The molecule has 1 fully saturated rings. The summed E-state index contributed by atoms with van der Waals surface area (Å²) in [7, 11) is 1.67. The number of rotatable bonds is 7. The second-order valence-electron chi connectivity index (χ2n) is 9.94. The second-order valence-corrected chi connectivity index (χ2v) is 9.94. The Labute approximate surface area is 225 Å². The number of pyridine rings is 1. The van der Waals surface area contributed by atoms with Gasteiger partial charge in [0.15, 0.2) is 5.82 Å². The van der Waals surface area contributed by atoms with Crippen LogP contribution in [-0.4, -0.2) is 63.4 Å². The van der Waals surface area contributed by atoms with Crippen LogP contribution in [0.15, 0.2) is 70.1 Å². The zero-order chi connectivity index (χ0) is 26.9. The fourth-order valence-electron chi connectivity index (χ4n) is 5.40. The highest BCUT2D eigenvalue weighted by Crippen LogP contribution is 2.31. The number of hydrogen-bond donors (Lipinski definition) is 1. The van der Waals surface area contributed by atoms with Crippen molar-refractivity contribution in [2.45, 2.75) is 26.4 Å². The van der Waals surface area contributed by atoms with Gasteiger partial charge in [0.05, 0.1) is 18.9 Å². The summed E-state index contributed by atoms with van der Waals surface area (Å²) in [6.45, 7) is 7.51. The van der Waals surface area contributed by atoms with Crippen LogP contribution in [-0.2, 0) is 6.54 Å². The number of hydrogen-bond acceptors (Lipinski definition) is 8. The van der Waals surface area contributed by atoms with Crippen LogP contribution in [0.5, 0.6) is 5.75 Å². The number of nitrogens with zero attached hydrogens (tertiary/aromatic N) is 6. The molecule has 0 aliphatic carbocycles. The predicted molar refractivity (Wildman–Crippen MR) is 148 cm³/mol. The fourth-order valence-corrected chi connectivity index (χ4v) is 5.40. The largest absolute Gasteiger partial charge is 0.497 e. The third kappa shape index (κ3) is 4.79. The van der Waals surface area contributed by atoms with Gasteiger partial charge in [-0.2, -0.15) is 0 Å². The third-order valence-corrected chi connectivity index (χ3v) is 7.57. The average molecular weight is 526 g/mol. The normalized spacial score (nSPS) is 15.1. The number of aryl methyl sites for hydroxylation is 2. The molecular weight excluding hydrogens is 494 g/mol. The van der Waals surface area contributed by atoms with Crippen LogP contribution >= 0.6 is 0 Å². The van der Waals surface area contributed by atoms with Crippen LogP contribution in [0.1, 0.15) is 34.3 Å². The number of methoxy groups -OCH3 is 1. The number of nitrogens with one attached hydrogen (secondary N) is 1. The van der Waals surface area contributed by atoms with Gasteiger partial charge in [0.25, 0.3) is 5.56 Å². The molecule has 0 amide bonds. The summed E-state index contributed by atoms with van der Waals surface area (Å²) in [5, 5.41) is 13.7. The smallest absolute Gasteiger partial charge is 0.253 e. The molecule has 0 saturated carbocycles. The predicted octanol–water partition coefficient (Wildman–Crippen LogP) is 3.69. The number of aromatic amines is 1.